The molecule has 3 rings (SSSR count). The van der Waals surface area contributed by atoms with Gasteiger partial charge in [0.05, 0.1) is 0 Å². The first-order valence-electron chi connectivity index (χ1n) is 7.56. The number of rotatable bonds is 4. The van der Waals surface area contributed by atoms with Gasteiger partial charge in [-0.1, -0.05) is 38.0 Å². The van der Waals surface area contributed by atoms with Crippen LogP contribution in [0.1, 0.15) is 43.0 Å². The minimum Gasteiger partial charge on any atom is -0.301 e. The average Bonchev–Trinajstić information content (AvgIpc) is 3.12. The molecular weight excluding hydrogens is 299 g/mol. The third-order valence-corrected chi connectivity index (χ3v) is 5.26. The molecule has 0 spiro atoms. The number of carbonyl (C=O) groups excluding carboxylic acids is 1. The Labute approximate surface area is 133 Å². The average molecular weight is 318 g/mol. The first-order chi connectivity index (χ1) is 10.6. The Morgan fingerprint density at radius 3 is 2.82 bits per heavy atom. The second-order valence-corrected chi connectivity index (χ2v) is 7.24. The molecule has 22 heavy (non-hydrogen) atoms. The number of hydrogen-bond donors (Lipinski definition) is 1. The van der Waals surface area contributed by atoms with Crippen LogP contribution in [0.25, 0.3) is 0 Å². The van der Waals surface area contributed by atoms with Crippen LogP contribution in [0.2, 0.25) is 0 Å². The van der Waals surface area contributed by atoms with Crippen LogP contribution in [0.4, 0.5) is 9.52 Å². The summed E-state index contributed by atoms with van der Waals surface area (Å²) >= 11 is 1.41. The van der Waals surface area contributed by atoms with Gasteiger partial charge in [-0.3, -0.25) is 4.79 Å². The lowest BCUT2D eigenvalue weighted by Gasteiger charge is -2.21. The summed E-state index contributed by atoms with van der Waals surface area (Å²) in [6, 6.07) is 6.73. The van der Waals surface area contributed by atoms with Crippen molar-refractivity contribution in [1.29, 1.82) is 0 Å². The molecule has 1 aromatic carbocycles. The van der Waals surface area contributed by atoms with Crippen molar-refractivity contribution >= 4 is 22.4 Å². The Balaban J connectivity index is 1.66. The molecule has 0 bridgehead atoms. The van der Waals surface area contributed by atoms with Crippen LogP contribution in [-0.2, 0) is 11.2 Å². The van der Waals surface area contributed by atoms with E-state index in [0.717, 1.165) is 30.6 Å². The zero-order valence-electron chi connectivity index (χ0n) is 12.6. The summed E-state index contributed by atoms with van der Waals surface area (Å²) in [6.07, 6.45) is 6.31. The quantitative estimate of drug-likeness (QED) is 0.908. The van der Waals surface area contributed by atoms with Gasteiger partial charge in [0.2, 0.25) is 5.91 Å². The van der Waals surface area contributed by atoms with Crippen molar-refractivity contribution in [2.24, 2.45) is 5.41 Å². The Bertz CT molecular complexity index is 677. The van der Waals surface area contributed by atoms with Crippen molar-refractivity contribution in [2.75, 3.05) is 5.32 Å². The summed E-state index contributed by atoms with van der Waals surface area (Å²) in [7, 11) is 0. The molecular formula is C17H19FN2OS. The van der Waals surface area contributed by atoms with E-state index < -0.39 is 0 Å². The number of halogens is 1. The maximum absolute atomic E-state index is 13.7. The fourth-order valence-electron chi connectivity index (χ4n) is 2.91. The van der Waals surface area contributed by atoms with Crippen LogP contribution in [0.5, 0.6) is 0 Å². The van der Waals surface area contributed by atoms with E-state index in [0.29, 0.717) is 17.1 Å². The number of nitrogens with one attached hydrogen (secondary N) is 1. The smallest absolute Gasteiger partial charge is 0.232 e. The van der Waals surface area contributed by atoms with E-state index in [2.05, 4.69) is 10.3 Å². The lowest BCUT2D eigenvalue weighted by Crippen LogP contribution is -2.30. The van der Waals surface area contributed by atoms with Gasteiger partial charge in [-0.05, 0) is 24.5 Å². The molecule has 1 saturated carbocycles. The molecule has 0 aliphatic heterocycles. The largest absolute Gasteiger partial charge is 0.301 e. The van der Waals surface area contributed by atoms with E-state index in [9.17, 15) is 9.18 Å². The van der Waals surface area contributed by atoms with E-state index in [1.807, 2.05) is 13.0 Å². The van der Waals surface area contributed by atoms with Crippen molar-refractivity contribution in [2.45, 2.75) is 39.0 Å². The predicted octanol–water partition coefficient (Wildman–Crippen LogP) is 4.39. The number of amides is 1. The highest BCUT2D eigenvalue weighted by atomic mass is 32.1. The number of anilines is 1. The fourth-order valence-corrected chi connectivity index (χ4v) is 3.74. The number of thiazole rings is 1. The first-order valence-corrected chi connectivity index (χ1v) is 8.38. The maximum Gasteiger partial charge on any atom is 0.232 e. The highest BCUT2D eigenvalue weighted by Gasteiger charge is 2.36. The number of benzene rings is 1. The summed E-state index contributed by atoms with van der Waals surface area (Å²) < 4.78 is 13.7. The van der Waals surface area contributed by atoms with Crippen LogP contribution in [0.15, 0.2) is 30.5 Å². The zero-order valence-corrected chi connectivity index (χ0v) is 13.4. The van der Waals surface area contributed by atoms with Crippen LogP contribution in [0, 0.1) is 11.2 Å². The normalized spacial score (nSPS) is 16.6. The molecule has 116 valence electrons. The third-order valence-electron chi connectivity index (χ3n) is 4.35. The fraction of sp³-hybridized carbons (Fsp3) is 0.412. The highest BCUT2D eigenvalue weighted by Crippen LogP contribution is 2.38. The van der Waals surface area contributed by atoms with Crippen molar-refractivity contribution in [3.05, 3.63) is 46.7 Å². The molecule has 1 aliphatic rings. The number of aromatic nitrogens is 1. The minimum atomic E-state index is -0.266. The van der Waals surface area contributed by atoms with Gasteiger partial charge in [-0.25, -0.2) is 9.37 Å². The van der Waals surface area contributed by atoms with Gasteiger partial charge in [0.15, 0.2) is 5.13 Å². The molecule has 0 unspecified atom stereocenters. The van der Waals surface area contributed by atoms with E-state index in [4.69, 9.17) is 0 Å². The Morgan fingerprint density at radius 2 is 2.09 bits per heavy atom. The molecule has 1 aliphatic carbocycles. The highest BCUT2D eigenvalue weighted by molar-refractivity contribution is 7.15. The SMILES string of the molecule is CC1(C(=O)Nc2ncc(Cc3ccccc3F)s2)CCCC1. The van der Waals surface area contributed by atoms with E-state index >= 15 is 0 Å². The lowest BCUT2D eigenvalue weighted by atomic mass is 9.88. The van der Waals surface area contributed by atoms with E-state index in [-0.39, 0.29) is 17.1 Å². The van der Waals surface area contributed by atoms with Gasteiger partial charge in [-0.2, -0.15) is 0 Å². The first kappa shape index (κ1) is 15.2. The molecule has 0 saturated heterocycles. The van der Waals surface area contributed by atoms with Crippen molar-refractivity contribution in [1.82, 2.24) is 4.98 Å². The number of hydrogen-bond acceptors (Lipinski definition) is 3. The summed E-state index contributed by atoms with van der Waals surface area (Å²) in [5.74, 6) is -0.156. The maximum atomic E-state index is 13.7. The van der Waals surface area contributed by atoms with Gasteiger partial charge < -0.3 is 5.32 Å². The monoisotopic (exact) mass is 318 g/mol. The number of carbonyl (C=O) groups is 1. The van der Waals surface area contributed by atoms with E-state index in [1.165, 1.54) is 17.4 Å². The van der Waals surface area contributed by atoms with Crippen LogP contribution >= 0.6 is 11.3 Å². The molecule has 2 aromatic rings. The zero-order chi connectivity index (χ0) is 15.6. The molecule has 0 radical (unpaired) electrons. The van der Waals surface area contributed by atoms with Crippen molar-refractivity contribution < 1.29 is 9.18 Å². The van der Waals surface area contributed by atoms with Crippen molar-refractivity contribution in [3.8, 4) is 0 Å². The summed E-state index contributed by atoms with van der Waals surface area (Å²) in [4.78, 5) is 17.5. The topological polar surface area (TPSA) is 42.0 Å². The molecule has 5 heteroatoms. The molecule has 1 fully saturated rings. The van der Waals surface area contributed by atoms with Crippen LogP contribution < -0.4 is 5.32 Å². The van der Waals surface area contributed by atoms with E-state index in [1.54, 1.807) is 18.3 Å². The second kappa shape index (κ2) is 6.16. The van der Waals surface area contributed by atoms with Gasteiger partial charge in [-0.15, -0.1) is 11.3 Å². The van der Waals surface area contributed by atoms with Crippen molar-refractivity contribution in [3.63, 3.8) is 0 Å². The second-order valence-electron chi connectivity index (χ2n) is 6.12. The predicted molar refractivity (Wildman–Crippen MR) is 86.5 cm³/mol. The van der Waals surface area contributed by atoms with Crippen LogP contribution in [0.3, 0.4) is 0 Å². The minimum absolute atomic E-state index is 0.0526. The molecule has 1 heterocycles. The molecule has 1 amide bonds. The lowest BCUT2D eigenvalue weighted by molar-refractivity contribution is -0.124. The van der Waals surface area contributed by atoms with Gasteiger partial charge in [0.25, 0.3) is 0 Å². The molecule has 1 aromatic heterocycles. The van der Waals surface area contributed by atoms with Gasteiger partial charge >= 0.3 is 0 Å². The molecule has 3 nitrogen and oxygen atoms in total. The summed E-state index contributed by atoms with van der Waals surface area (Å²) in [6.45, 7) is 2.02. The third kappa shape index (κ3) is 3.19. The van der Waals surface area contributed by atoms with Gasteiger partial charge in [0, 0.05) is 22.9 Å². The Morgan fingerprint density at radius 1 is 1.36 bits per heavy atom. The Hall–Kier alpha value is -1.75. The van der Waals surface area contributed by atoms with Gasteiger partial charge in [0.1, 0.15) is 5.82 Å². The Kier molecular flexibility index (Phi) is 4.25. The summed E-state index contributed by atoms with van der Waals surface area (Å²) in [5.41, 5.74) is 0.379. The molecule has 0 atom stereocenters. The molecule has 1 N–H and O–H groups in total. The summed E-state index contributed by atoms with van der Waals surface area (Å²) in [5, 5.41) is 3.52. The number of nitrogens with zero attached hydrogens (tertiary/aromatic N) is 1. The van der Waals surface area contributed by atoms with Crippen LogP contribution in [-0.4, -0.2) is 10.9 Å². The standard InChI is InChI=1S/C17H19FN2OS/c1-17(8-4-5-9-17)15(21)20-16-19-11-13(22-16)10-12-6-2-3-7-14(12)18/h2-3,6-7,11H,4-5,8-10H2,1H3,(H,19,20,21).